The zero-order valence-electron chi connectivity index (χ0n) is 13.9. The number of ketones is 1. The van der Waals surface area contributed by atoms with Gasteiger partial charge in [-0.15, -0.1) is 0 Å². The molecule has 1 N–H and O–H groups in total. The first-order valence-electron chi connectivity index (χ1n) is 8.30. The van der Waals surface area contributed by atoms with Crippen LogP contribution in [0.4, 0.5) is 0 Å². The van der Waals surface area contributed by atoms with Gasteiger partial charge in [0.1, 0.15) is 23.0 Å². The van der Waals surface area contributed by atoms with E-state index < -0.39 is 0 Å². The van der Waals surface area contributed by atoms with E-state index in [1.807, 2.05) is 30.3 Å². The number of hydrogen-bond acceptors (Lipinski definition) is 4. The molecular formula is C21H18O4. The van der Waals surface area contributed by atoms with Crippen molar-refractivity contribution in [2.24, 2.45) is 0 Å². The highest BCUT2D eigenvalue weighted by Crippen LogP contribution is 2.41. The van der Waals surface area contributed by atoms with Crippen LogP contribution in [0.15, 0.2) is 48.5 Å². The Morgan fingerprint density at radius 1 is 0.920 bits per heavy atom. The number of methoxy groups -OCH3 is 1. The Balaban J connectivity index is 1.85. The predicted octanol–water partition coefficient (Wildman–Crippen LogP) is 4.87. The number of rotatable bonds is 3. The van der Waals surface area contributed by atoms with Crippen molar-refractivity contribution in [3.63, 3.8) is 0 Å². The lowest BCUT2D eigenvalue weighted by Gasteiger charge is -2.21. The highest BCUT2D eigenvalue weighted by atomic mass is 16.5. The molecule has 0 amide bonds. The second-order valence-corrected chi connectivity index (χ2v) is 6.13. The Morgan fingerprint density at radius 3 is 2.48 bits per heavy atom. The van der Waals surface area contributed by atoms with Crippen molar-refractivity contribution in [2.75, 3.05) is 7.11 Å². The molecule has 0 aliphatic heterocycles. The molecule has 0 atom stereocenters. The topological polar surface area (TPSA) is 55.8 Å². The highest BCUT2D eigenvalue weighted by molar-refractivity contribution is 6.02. The van der Waals surface area contributed by atoms with E-state index in [2.05, 4.69) is 0 Å². The van der Waals surface area contributed by atoms with Crippen molar-refractivity contribution in [2.45, 2.75) is 19.3 Å². The summed E-state index contributed by atoms with van der Waals surface area (Å²) >= 11 is 0. The van der Waals surface area contributed by atoms with Crippen molar-refractivity contribution in [3.8, 4) is 23.0 Å². The first-order valence-corrected chi connectivity index (χ1v) is 8.30. The molecule has 0 saturated heterocycles. The summed E-state index contributed by atoms with van der Waals surface area (Å²) in [6.07, 6.45) is 2.10. The van der Waals surface area contributed by atoms with Gasteiger partial charge in [0.05, 0.1) is 18.1 Å². The van der Waals surface area contributed by atoms with Crippen molar-refractivity contribution in [3.05, 3.63) is 59.7 Å². The van der Waals surface area contributed by atoms with E-state index in [4.69, 9.17) is 9.47 Å². The van der Waals surface area contributed by atoms with Gasteiger partial charge in [-0.3, -0.25) is 4.79 Å². The summed E-state index contributed by atoms with van der Waals surface area (Å²) in [5.74, 6) is 2.06. The van der Waals surface area contributed by atoms with Crippen LogP contribution in [-0.2, 0) is 6.42 Å². The fraction of sp³-hybridized carbons (Fsp3) is 0.190. The van der Waals surface area contributed by atoms with Crippen LogP contribution in [-0.4, -0.2) is 18.0 Å². The van der Waals surface area contributed by atoms with Crippen molar-refractivity contribution < 1.29 is 19.4 Å². The minimum atomic E-state index is 0.0873. The molecule has 4 nitrogen and oxygen atoms in total. The average molecular weight is 334 g/mol. The van der Waals surface area contributed by atoms with Gasteiger partial charge in [-0.25, -0.2) is 0 Å². The smallest absolute Gasteiger partial charge is 0.167 e. The molecule has 3 aromatic rings. The van der Waals surface area contributed by atoms with Gasteiger partial charge in [0, 0.05) is 12.0 Å². The number of phenols is 1. The maximum Gasteiger partial charge on any atom is 0.167 e. The molecule has 0 heterocycles. The van der Waals surface area contributed by atoms with E-state index in [1.165, 1.54) is 0 Å². The third kappa shape index (κ3) is 2.60. The number of benzene rings is 3. The molecule has 126 valence electrons. The Kier molecular flexibility index (Phi) is 3.80. The number of carbonyl (C=O) groups excluding carboxylic acids is 1. The number of aromatic hydroxyl groups is 1. The summed E-state index contributed by atoms with van der Waals surface area (Å²) in [7, 11) is 1.57. The summed E-state index contributed by atoms with van der Waals surface area (Å²) < 4.78 is 11.5. The second kappa shape index (κ2) is 6.13. The zero-order chi connectivity index (χ0) is 17.4. The van der Waals surface area contributed by atoms with Crippen LogP contribution in [0.5, 0.6) is 23.0 Å². The monoisotopic (exact) mass is 334 g/mol. The molecule has 4 heteroatoms. The summed E-state index contributed by atoms with van der Waals surface area (Å²) in [6, 6.07) is 14.6. The minimum Gasteiger partial charge on any atom is -0.507 e. The van der Waals surface area contributed by atoms with Crippen LogP contribution in [0.3, 0.4) is 0 Å². The van der Waals surface area contributed by atoms with Crippen LogP contribution in [0.2, 0.25) is 0 Å². The van der Waals surface area contributed by atoms with E-state index in [0.29, 0.717) is 34.6 Å². The van der Waals surface area contributed by atoms with Gasteiger partial charge in [0.25, 0.3) is 0 Å². The van der Waals surface area contributed by atoms with Gasteiger partial charge >= 0.3 is 0 Å². The fourth-order valence-electron chi connectivity index (χ4n) is 3.47. The average Bonchev–Trinajstić information content (AvgIpc) is 2.63. The quantitative estimate of drug-likeness (QED) is 0.743. The summed E-state index contributed by atoms with van der Waals surface area (Å²) in [4.78, 5) is 12.4. The summed E-state index contributed by atoms with van der Waals surface area (Å²) in [6.45, 7) is 0. The molecule has 0 saturated carbocycles. The number of phenolic OH excluding ortho intramolecular Hbond substituents is 1. The van der Waals surface area contributed by atoms with E-state index >= 15 is 0 Å². The molecule has 25 heavy (non-hydrogen) atoms. The van der Waals surface area contributed by atoms with E-state index in [0.717, 1.165) is 23.8 Å². The zero-order valence-corrected chi connectivity index (χ0v) is 13.9. The van der Waals surface area contributed by atoms with Crippen LogP contribution in [0.25, 0.3) is 10.8 Å². The second-order valence-electron chi connectivity index (χ2n) is 6.13. The summed E-state index contributed by atoms with van der Waals surface area (Å²) in [5, 5.41) is 11.8. The molecule has 3 aromatic carbocycles. The Bertz CT molecular complexity index is 970. The van der Waals surface area contributed by atoms with E-state index in [9.17, 15) is 9.90 Å². The first-order chi connectivity index (χ1) is 12.2. The molecule has 0 radical (unpaired) electrons. The van der Waals surface area contributed by atoms with Gasteiger partial charge < -0.3 is 14.6 Å². The van der Waals surface area contributed by atoms with Crippen molar-refractivity contribution in [1.29, 1.82) is 0 Å². The van der Waals surface area contributed by atoms with Crippen molar-refractivity contribution >= 4 is 16.6 Å². The SMILES string of the molecule is COc1ccc(Oc2cccc3cccc(O)c23)c2c1C(=O)CCC2. The maximum atomic E-state index is 12.4. The lowest BCUT2D eigenvalue weighted by Crippen LogP contribution is -2.13. The molecule has 0 fully saturated rings. The van der Waals surface area contributed by atoms with Crippen LogP contribution < -0.4 is 9.47 Å². The molecular weight excluding hydrogens is 316 g/mol. The van der Waals surface area contributed by atoms with Crippen LogP contribution in [0, 0.1) is 0 Å². The van der Waals surface area contributed by atoms with Gasteiger partial charge in [-0.05, 0) is 42.5 Å². The third-order valence-corrected chi connectivity index (χ3v) is 4.63. The predicted molar refractivity (Wildman–Crippen MR) is 95.9 cm³/mol. The Morgan fingerprint density at radius 2 is 1.68 bits per heavy atom. The summed E-state index contributed by atoms with van der Waals surface area (Å²) in [5.41, 5.74) is 1.50. The van der Waals surface area contributed by atoms with Gasteiger partial charge in [-0.1, -0.05) is 24.3 Å². The highest BCUT2D eigenvalue weighted by Gasteiger charge is 2.25. The molecule has 1 aliphatic carbocycles. The Hall–Kier alpha value is -3.01. The standard InChI is InChI=1S/C21H18O4/c1-24-18-12-11-17(14-7-4-9-16(23)21(14)18)25-19-10-3-6-13-5-2-8-15(22)20(13)19/h2-3,5-6,8,10-12,22H,4,7,9H2,1H3. The van der Waals surface area contributed by atoms with E-state index in [1.54, 1.807) is 25.3 Å². The number of fused-ring (bicyclic) bond motifs is 2. The number of ether oxygens (including phenoxy) is 2. The van der Waals surface area contributed by atoms with Gasteiger partial charge in [0.15, 0.2) is 5.78 Å². The Labute approximate surface area is 145 Å². The molecule has 0 aromatic heterocycles. The molecule has 4 rings (SSSR count). The van der Waals surface area contributed by atoms with Crippen LogP contribution >= 0.6 is 0 Å². The molecule has 0 spiro atoms. The van der Waals surface area contributed by atoms with Gasteiger partial charge in [0.2, 0.25) is 0 Å². The van der Waals surface area contributed by atoms with Crippen molar-refractivity contribution in [1.82, 2.24) is 0 Å². The first kappa shape index (κ1) is 15.5. The van der Waals surface area contributed by atoms with Gasteiger partial charge in [-0.2, -0.15) is 0 Å². The molecule has 0 bridgehead atoms. The lowest BCUT2D eigenvalue weighted by molar-refractivity contribution is 0.0968. The van der Waals surface area contributed by atoms with E-state index in [-0.39, 0.29) is 11.5 Å². The lowest BCUT2D eigenvalue weighted by atomic mass is 9.89. The normalized spacial score (nSPS) is 13.6. The van der Waals surface area contributed by atoms with Crippen LogP contribution in [0.1, 0.15) is 28.8 Å². The fourth-order valence-corrected chi connectivity index (χ4v) is 3.47. The molecule has 1 aliphatic rings. The maximum absolute atomic E-state index is 12.4. The largest absolute Gasteiger partial charge is 0.507 e. The molecule has 0 unspecified atom stereocenters. The minimum absolute atomic E-state index is 0.0873. The number of Topliss-reactive ketones (excluding diaryl/α,β-unsaturated/α-hetero) is 1. The number of carbonyl (C=O) groups is 1. The third-order valence-electron chi connectivity index (χ3n) is 4.63. The number of hydrogen-bond donors (Lipinski definition) is 1.